The number of aromatic nitrogens is 2. The Morgan fingerprint density at radius 1 is 0.846 bits per heavy atom. The van der Waals surface area contributed by atoms with Crippen molar-refractivity contribution in [1.82, 2.24) is 4.57 Å². The fourth-order valence-corrected chi connectivity index (χ4v) is 3.33. The van der Waals surface area contributed by atoms with E-state index in [4.69, 9.17) is 0 Å². The number of nitrogens with zero attached hydrogens (tertiary/aromatic N) is 2. The normalized spacial score (nSPS) is 11.2. The lowest BCUT2D eigenvalue weighted by Gasteiger charge is -2.05. The number of hydrogen-bond acceptors (Lipinski definition) is 3. The Balaban J connectivity index is 0.000000488. The molecule has 1 rings (SSSR count). The van der Waals surface area contributed by atoms with Crippen LogP contribution in [-0.4, -0.2) is 23.3 Å². The van der Waals surface area contributed by atoms with Crippen LogP contribution in [0.15, 0.2) is 18.7 Å². The second kappa shape index (κ2) is 16.3. The molecule has 1 aromatic rings. The van der Waals surface area contributed by atoms with E-state index in [9.17, 15) is 13.0 Å². The molecule has 5 nitrogen and oxygen atoms in total. The highest BCUT2D eigenvalue weighted by atomic mass is 32.2. The lowest BCUT2D eigenvalue weighted by atomic mass is 10.1. The van der Waals surface area contributed by atoms with Gasteiger partial charge in [0.2, 0.25) is 6.33 Å². The molecule has 0 unspecified atom stereocenters. The first kappa shape index (κ1) is 25.1. The van der Waals surface area contributed by atoms with Gasteiger partial charge in [0.1, 0.15) is 12.4 Å². The summed E-state index contributed by atoms with van der Waals surface area (Å²) < 4.78 is 34.9. The average molecular weight is 389 g/mol. The molecule has 0 atom stereocenters. The Bertz CT molecular complexity index is 527. The van der Waals surface area contributed by atoms with Gasteiger partial charge in [-0.25, -0.2) is 17.6 Å². The minimum atomic E-state index is -3.97. The van der Waals surface area contributed by atoms with Gasteiger partial charge < -0.3 is 4.55 Å². The second-order valence-electron chi connectivity index (χ2n) is 7.11. The zero-order valence-electron chi connectivity index (χ0n) is 17.2. The molecule has 1 heterocycles. The number of unbranched alkanes of at least 4 members (excludes halogenated alkanes) is 10. The van der Waals surface area contributed by atoms with E-state index >= 15 is 0 Å². The zero-order chi connectivity index (χ0) is 19.7. The van der Waals surface area contributed by atoms with Crippen molar-refractivity contribution in [1.29, 1.82) is 0 Å². The van der Waals surface area contributed by atoms with Crippen LogP contribution >= 0.6 is 0 Å². The van der Waals surface area contributed by atoms with Crippen molar-refractivity contribution in [2.75, 3.05) is 5.75 Å². The molecule has 0 aliphatic rings. The van der Waals surface area contributed by atoms with E-state index in [0.29, 0.717) is 6.42 Å². The van der Waals surface area contributed by atoms with Gasteiger partial charge in [0, 0.05) is 5.75 Å². The smallest absolute Gasteiger partial charge is 0.243 e. The molecular weight excluding hydrogens is 348 g/mol. The Morgan fingerprint density at radius 2 is 1.35 bits per heavy atom. The predicted octanol–water partition coefficient (Wildman–Crippen LogP) is 4.57. The van der Waals surface area contributed by atoms with Gasteiger partial charge >= 0.3 is 0 Å². The van der Waals surface area contributed by atoms with E-state index in [1.165, 1.54) is 57.9 Å². The highest BCUT2D eigenvalue weighted by molar-refractivity contribution is 7.85. The molecule has 0 aromatic carbocycles. The fraction of sp³-hybridized carbons (Fsp3) is 0.850. The monoisotopic (exact) mass is 388 g/mol. The third kappa shape index (κ3) is 17.9. The maximum Gasteiger partial charge on any atom is 0.243 e. The van der Waals surface area contributed by atoms with E-state index in [1.807, 2.05) is 0 Å². The fourth-order valence-electron chi connectivity index (χ4n) is 2.77. The van der Waals surface area contributed by atoms with Crippen molar-refractivity contribution < 1.29 is 17.5 Å². The highest BCUT2D eigenvalue weighted by Gasteiger charge is 1.98. The number of rotatable bonds is 14. The molecule has 0 amide bonds. The van der Waals surface area contributed by atoms with Crippen LogP contribution in [0.3, 0.4) is 0 Å². The quantitative estimate of drug-likeness (QED) is 0.266. The standard InChI is InChI=1S/C12H23N2.C8H18O3S/c1-3-4-5-6-7-8-9-14-11-10-13(2)12-14;1-2-3-4-5-6-7-8-12(9,10)11/h10-12H,3-9H2,1-2H3;2-8H2,1H3,(H,9,10,11)/q+1;/p-1. The molecule has 0 bridgehead atoms. The summed E-state index contributed by atoms with van der Waals surface area (Å²) in [6.07, 6.45) is 20.6. The third-order valence-electron chi connectivity index (χ3n) is 4.34. The summed E-state index contributed by atoms with van der Waals surface area (Å²) in [6.45, 7) is 5.56. The Hall–Kier alpha value is -0.880. The summed E-state index contributed by atoms with van der Waals surface area (Å²) in [4.78, 5) is 0. The maximum absolute atomic E-state index is 10.2. The van der Waals surface area contributed by atoms with Gasteiger partial charge in [-0.2, -0.15) is 0 Å². The molecule has 0 aliphatic carbocycles. The summed E-state index contributed by atoms with van der Waals surface area (Å²) in [5, 5.41) is 0. The molecule has 6 heteroatoms. The topological polar surface area (TPSA) is 66.0 Å². The average Bonchev–Trinajstić information content (AvgIpc) is 2.99. The van der Waals surface area contributed by atoms with Crippen LogP contribution in [0, 0.1) is 0 Å². The lowest BCUT2D eigenvalue weighted by Crippen LogP contribution is -2.23. The minimum absolute atomic E-state index is 0.195. The van der Waals surface area contributed by atoms with Crippen molar-refractivity contribution in [2.45, 2.75) is 97.4 Å². The largest absolute Gasteiger partial charge is 0.748 e. The van der Waals surface area contributed by atoms with Gasteiger partial charge in [0.15, 0.2) is 0 Å². The molecule has 154 valence electrons. The molecule has 0 N–H and O–H groups in total. The van der Waals surface area contributed by atoms with Gasteiger partial charge in [-0.3, -0.25) is 0 Å². The molecule has 26 heavy (non-hydrogen) atoms. The number of imidazole rings is 1. The lowest BCUT2D eigenvalue weighted by molar-refractivity contribution is -0.671. The van der Waals surface area contributed by atoms with Crippen molar-refractivity contribution in [2.24, 2.45) is 7.05 Å². The van der Waals surface area contributed by atoms with Gasteiger partial charge in [0.25, 0.3) is 0 Å². The molecule has 0 saturated carbocycles. The molecule has 1 aromatic heterocycles. The first-order chi connectivity index (χ1) is 12.4. The van der Waals surface area contributed by atoms with Crippen molar-refractivity contribution in [3.63, 3.8) is 0 Å². The number of aryl methyl sites for hydroxylation is 2. The van der Waals surface area contributed by atoms with Gasteiger partial charge in [0.05, 0.1) is 23.7 Å². The van der Waals surface area contributed by atoms with Crippen LogP contribution in [0.4, 0.5) is 0 Å². The predicted molar refractivity (Wildman–Crippen MR) is 107 cm³/mol. The maximum atomic E-state index is 10.2. The Morgan fingerprint density at radius 3 is 1.81 bits per heavy atom. The van der Waals surface area contributed by atoms with E-state index < -0.39 is 10.1 Å². The van der Waals surface area contributed by atoms with Gasteiger partial charge in [-0.05, 0) is 19.3 Å². The van der Waals surface area contributed by atoms with Crippen LogP contribution in [0.5, 0.6) is 0 Å². The Labute approximate surface area is 161 Å². The van der Waals surface area contributed by atoms with E-state index in [-0.39, 0.29) is 5.75 Å². The van der Waals surface area contributed by atoms with Crippen molar-refractivity contribution in [3.8, 4) is 0 Å². The van der Waals surface area contributed by atoms with E-state index in [1.54, 1.807) is 0 Å². The number of hydrogen-bond donors (Lipinski definition) is 0. The first-order valence-corrected chi connectivity index (χ1v) is 11.9. The Kier molecular flexibility index (Phi) is 15.8. The zero-order valence-corrected chi connectivity index (χ0v) is 18.0. The molecule has 0 spiro atoms. The summed E-state index contributed by atoms with van der Waals surface area (Å²) in [5.74, 6) is -0.195. The molecule has 0 radical (unpaired) electrons. The first-order valence-electron chi connectivity index (χ1n) is 10.3. The van der Waals surface area contributed by atoms with Gasteiger partial charge in [-0.1, -0.05) is 71.6 Å². The van der Waals surface area contributed by atoms with Crippen LogP contribution < -0.4 is 4.57 Å². The second-order valence-corrected chi connectivity index (χ2v) is 8.64. The third-order valence-corrected chi connectivity index (χ3v) is 5.13. The van der Waals surface area contributed by atoms with Gasteiger partial charge in [-0.15, -0.1) is 0 Å². The summed E-state index contributed by atoms with van der Waals surface area (Å²) in [6, 6.07) is 0. The van der Waals surface area contributed by atoms with Crippen LogP contribution in [0.25, 0.3) is 0 Å². The van der Waals surface area contributed by atoms with E-state index in [0.717, 1.165) is 19.3 Å². The summed E-state index contributed by atoms with van der Waals surface area (Å²) >= 11 is 0. The summed E-state index contributed by atoms with van der Waals surface area (Å²) in [5.41, 5.74) is 0. The SMILES string of the molecule is CCCCCCCCS(=O)(=O)[O-].CCCCCCCCn1cc[n+](C)c1. The van der Waals surface area contributed by atoms with Crippen LogP contribution in [-0.2, 0) is 23.7 Å². The highest BCUT2D eigenvalue weighted by Crippen LogP contribution is 2.06. The molecule has 0 aliphatic heterocycles. The van der Waals surface area contributed by atoms with Crippen molar-refractivity contribution in [3.05, 3.63) is 18.7 Å². The summed E-state index contributed by atoms with van der Waals surface area (Å²) in [7, 11) is -1.90. The molecule has 0 saturated heterocycles. The van der Waals surface area contributed by atoms with E-state index in [2.05, 4.69) is 48.8 Å². The van der Waals surface area contributed by atoms with Crippen molar-refractivity contribution >= 4 is 10.1 Å². The van der Waals surface area contributed by atoms with Crippen LogP contribution in [0.2, 0.25) is 0 Å². The minimum Gasteiger partial charge on any atom is -0.748 e. The molecule has 0 fully saturated rings. The van der Waals surface area contributed by atoms with Crippen LogP contribution in [0.1, 0.15) is 90.9 Å². The molecular formula is C20H40N2O3S.